The van der Waals surface area contributed by atoms with Crippen LogP contribution in [0.4, 0.5) is 4.79 Å². The summed E-state index contributed by atoms with van der Waals surface area (Å²) in [6.07, 6.45) is 0. The fraction of sp³-hybridized carbons (Fsp3) is 0.778. The molecule has 0 saturated heterocycles. The predicted molar refractivity (Wildman–Crippen MR) is 68.9 cm³/mol. The molecule has 0 unspecified atom stereocenters. The molecule has 0 aromatic heterocycles. The van der Waals surface area contributed by atoms with Gasteiger partial charge in [-0.25, -0.2) is 4.79 Å². The van der Waals surface area contributed by atoms with Gasteiger partial charge in [0.05, 0.1) is 25.2 Å². The molecule has 0 atom stereocenters. The zero-order chi connectivity index (χ0) is 13.5. The van der Waals surface area contributed by atoms with E-state index < -0.39 is 30.5 Å². The van der Waals surface area contributed by atoms with Crippen molar-refractivity contribution < 1.29 is 24.9 Å². The zero-order valence-corrected chi connectivity index (χ0v) is 11.4. The highest BCUT2D eigenvalue weighted by Gasteiger charge is 2.30. The number of hydrogen-bond acceptors (Lipinski definition) is 7. The van der Waals surface area contributed by atoms with E-state index in [-0.39, 0.29) is 6.61 Å². The number of aliphatic hydroxyl groups is 3. The third-order valence-corrected chi connectivity index (χ3v) is 3.48. The molecule has 0 heterocycles. The Morgan fingerprint density at radius 1 is 1.29 bits per heavy atom. The van der Waals surface area contributed by atoms with Crippen molar-refractivity contribution in [2.75, 3.05) is 40.5 Å². The molecule has 0 aliphatic rings. The lowest BCUT2D eigenvalue weighted by Gasteiger charge is -2.26. The number of nitrogens with zero attached hydrogens (tertiary/aromatic N) is 1. The fourth-order valence-electron chi connectivity index (χ4n) is 0.691. The van der Waals surface area contributed by atoms with Crippen LogP contribution in [0.5, 0.6) is 0 Å². The van der Waals surface area contributed by atoms with E-state index in [0.29, 0.717) is 4.32 Å². The van der Waals surface area contributed by atoms with Crippen LogP contribution in [0.25, 0.3) is 0 Å². The molecule has 100 valence electrons. The van der Waals surface area contributed by atoms with Crippen molar-refractivity contribution in [2.24, 2.45) is 5.41 Å². The topological polar surface area (TPSA) is 90.2 Å². The smallest absolute Gasteiger partial charge is 0.374 e. The third kappa shape index (κ3) is 5.64. The van der Waals surface area contributed by atoms with Gasteiger partial charge < -0.3 is 25.0 Å². The molecule has 3 N–H and O–H groups in total. The van der Waals surface area contributed by atoms with Gasteiger partial charge in [-0.3, -0.25) is 0 Å². The van der Waals surface area contributed by atoms with Crippen LogP contribution >= 0.6 is 24.0 Å². The normalized spacial score (nSPS) is 11.1. The third-order valence-electron chi connectivity index (χ3n) is 2.04. The summed E-state index contributed by atoms with van der Waals surface area (Å²) in [6, 6.07) is 0. The van der Waals surface area contributed by atoms with E-state index >= 15 is 0 Å². The Kier molecular flexibility index (Phi) is 7.64. The first-order valence-electron chi connectivity index (χ1n) is 4.79. The second kappa shape index (κ2) is 7.83. The standard InChI is InChI=1S/C9H17NO5S2/c1-10(2)7(16)17-8(14)15-6-9(3-11,4-12)5-13/h11-13H,3-6H2,1-2H3. The maximum Gasteiger partial charge on any atom is 0.374 e. The van der Waals surface area contributed by atoms with E-state index in [2.05, 4.69) is 0 Å². The van der Waals surface area contributed by atoms with Crippen molar-refractivity contribution in [3.63, 3.8) is 0 Å². The van der Waals surface area contributed by atoms with E-state index in [9.17, 15) is 4.79 Å². The van der Waals surface area contributed by atoms with Crippen molar-refractivity contribution in [1.82, 2.24) is 4.90 Å². The van der Waals surface area contributed by atoms with Gasteiger partial charge in [0.2, 0.25) is 0 Å². The molecule has 0 aromatic carbocycles. The first-order chi connectivity index (χ1) is 7.90. The first kappa shape index (κ1) is 16.6. The summed E-state index contributed by atoms with van der Waals surface area (Å²) in [5.41, 5.74) is -1.21. The summed E-state index contributed by atoms with van der Waals surface area (Å²) in [6.45, 7) is -1.69. The molecule has 0 bridgehead atoms. The number of ether oxygens (including phenoxy) is 1. The highest BCUT2D eigenvalue weighted by Crippen LogP contribution is 2.18. The Morgan fingerprint density at radius 2 is 1.76 bits per heavy atom. The van der Waals surface area contributed by atoms with Gasteiger partial charge in [-0.1, -0.05) is 12.2 Å². The van der Waals surface area contributed by atoms with Crippen LogP contribution in [0.3, 0.4) is 0 Å². The molecule has 0 aromatic rings. The maximum atomic E-state index is 11.3. The second-order valence-corrected chi connectivity index (χ2v) is 5.34. The Hall–Kier alpha value is -0.410. The average Bonchev–Trinajstić information content (AvgIpc) is 2.31. The highest BCUT2D eigenvalue weighted by molar-refractivity contribution is 8.32. The van der Waals surface area contributed by atoms with Crippen LogP contribution < -0.4 is 0 Å². The molecular weight excluding hydrogens is 266 g/mol. The molecule has 0 radical (unpaired) electrons. The second-order valence-electron chi connectivity index (χ2n) is 3.78. The molecule has 0 aliphatic carbocycles. The van der Waals surface area contributed by atoms with Crippen molar-refractivity contribution in [2.45, 2.75) is 0 Å². The van der Waals surface area contributed by atoms with Crippen LogP contribution in [-0.4, -0.2) is 70.4 Å². The lowest BCUT2D eigenvalue weighted by atomic mass is 9.93. The number of carbonyl (C=O) groups excluding carboxylic acids is 1. The van der Waals surface area contributed by atoms with Crippen LogP contribution in [0.1, 0.15) is 0 Å². The first-order valence-corrected chi connectivity index (χ1v) is 6.01. The molecule has 0 rings (SSSR count). The van der Waals surface area contributed by atoms with Crippen LogP contribution in [0.2, 0.25) is 0 Å². The lowest BCUT2D eigenvalue weighted by Crippen LogP contribution is -2.39. The summed E-state index contributed by atoms with van der Waals surface area (Å²) in [4.78, 5) is 12.9. The molecule has 0 amide bonds. The van der Waals surface area contributed by atoms with Gasteiger partial charge in [-0.05, 0) is 0 Å². The van der Waals surface area contributed by atoms with Crippen molar-refractivity contribution in [3.8, 4) is 0 Å². The fourth-order valence-corrected chi connectivity index (χ4v) is 1.34. The molecule has 0 aliphatic heterocycles. The number of rotatable bonds is 5. The van der Waals surface area contributed by atoms with E-state index in [1.165, 1.54) is 0 Å². The Bertz CT molecular complexity index is 260. The highest BCUT2D eigenvalue weighted by atomic mass is 32.2. The van der Waals surface area contributed by atoms with Gasteiger partial charge in [0.1, 0.15) is 10.9 Å². The Morgan fingerprint density at radius 3 is 2.12 bits per heavy atom. The Labute approximate surface area is 110 Å². The van der Waals surface area contributed by atoms with Crippen LogP contribution in [-0.2, 0) is 4.74 Å². The largest absolute Gasteiger partial charge is 0.456 e. The van der Waals surface area contributed by atoms with Gasteiger partial charge >= 0.3 is 5.30 Å². The number of thioether (sulfide) groups is 1. The molecule has 0 spiro atoms. The number of carbonyl (C=O) groups is 1. The Balaban J connectivity index is 4.18. The van der Waals surface area contributed by atoms with E-state index in [4.69, 9.17) is 32.3 Å². The zero-order valence-electron chi connectivity index (χ0n) is 9.75. The number of hydrogen-bond donors (Lipinski definition) is 3. The van der Waals surface area contributed by atoms with Crippen molar-refractivity contribution in [3.05, 3.63) is 0 Å². The van der Waals surface area contributed by atoms with Gasteiger partial charge in [0, 0.05) is 25.9 Å². The average molecular weight is 283 g/mol. The van der Waals surface area contributed by atoms with E-state index in [0.717, 1.165) is 11.8 Å². The van der Waals surface area contributed by atoms with Crippen molar-refractivity contribution in [1.29, 1.82) is 0 Å². The monoisotopic (exact) mass is 283 g/mol. The van der Waals surface area contributed by atoms with Crippen molar-refractivity contribution >= 4 is 33.6 Å². The number of aliphatic hydroxyl groups excluding tert-OH is 3. The molecule has 8 heteroatoms. The van der Waals surface area contributed by atoms with Crippen LogP contribution in [0.15, 0.2) is 0 Å². The number of thiocarbonyl (C=S) groups is 1. The molecule has 6 nitrogen and oxygen atoms in total. The minimum absolute atomic E-state index is 0.266. The minimum atomic E-state index is -1.21. The lowest BCUT2D eigenvalue weighted by molar-refractivity contribution is -0.0335. The molecule has 0 fully saturated rings. The SMILES string of the molecule is CN(C)C(=S)SC(=O)OCC(CO)(CO)CO. The van der Waals surface area contributed by atoms with Gasteiger partial charge in [-0.2, -0.15) is 0 Å². The van der Waals surface area contributed by atoms with E-state index in [1.807, 2.05) is 0 Å². The minimum Gasteiger partial charge on any atom is -0.456 e. The maximum absolute atomic E-state index is 11.3. The summed E-state index contributed by atoms with van der Waals surface area (Å²) in [5.74, 6) is 0. The van der Waals surface area contributed by atoms with Gasteiger partial charge in [0.25, 0.3) is 0 Å². The summed E-state index contributed by atoms with van der Waals surface area (Å²) in [5, 5.41) is 26.4. The van der Waals surface area contributed by atoms with E-state index in [1.54, 1.807) is 19.0 Å². The molecule has 0 saturated carbocycles. The predicted octanol–water partition coefficient (Wildman–Crippen LogP) is -0.334. The van der Waals surface area contributed by atoms with Gasteiger partial charge in [-0.15, -0.1) is 0 Å². The molecular formula is C9H17NO5S2. The quantitative estimate of drug-likeness (QED) is 0.467. The summed E-state index contributed by atoms with van der Waals surface area (Å²) >= 11 is 5.62. The van der Waals surface area contributed by atoms with Gasteiger partial charge in [0.15, 0.2) is 0 Å². The summed E-state index contributed by atoms with van der Waals surface area (Å²) in [7, 11) is 3.39. The van der Waals surface area contributed by atoms with Crippen LogP contribution in [0, 0.1) is 5.41 Å². The molecule has 17 heavy (non-hydrogen) atoms. The summed E-state index contributed by atoms with van der Waals surface area (Å²) < 4.78 is 5.18.